The number of rotatable bonds is 7. The minimum atomic E-state index is -0.366. The number of pyridine rings is 3. The molecule has 0 bridgehead atoms. The fourth-order valence-electron chi connectivity index (χ4n) is 6.96. The van der Waals surface area contributed by atoms with Crippen LogP contribution < -0.4 is 21.3 Å². The van der Waals surface area contributed by atoms with E-state index < -0.39 is 0 Å². The van der Waals surface area contributed by atoms with Crippen LogP contribution in [0.2, 0.25) is 0 Å². The summed E-state index contributed by atoms with van der Waals surface area (Å²) in [5.74, 6) is 0.868. The molecule has 0 unspecified atom stereocenters. The SMILES string of the molecule is C[C@H]1CN(C2COC2)CCN1c1ccc(Nc2cc(-c3ccnc(-n4ccn5c(cc6ccccc65)c4=O)c3CO)cn(C)c2=O)nc1.S. The minimum absolute atomic E-state index is 0. The molecule has 0 amide bonds. The second kappa shape index (κ2) is 13.2. The lowest BCUT2D eigenvalue weighted by atomic mass is 10.0. The second-order valence-corrected chi connectivity index (χ2v) is 12.6. The van der Waals surface area contributed by atoms with Gasteiger partial charge >= 0.3 is 0 Å². The van der Waals surface area contributed by atoms with Crippen molar-refractivity contribution >= 4 is 47.1 Å². The van der Waals surface area contributed by atoms with Crippen LogP contribution in [0, 0.1) is 0 Å². The Bertz CT molecular complexity index is 2280. The van der Waals surface area contributed by atoms with Gasteiger partial charge in [0.05, 0.1) is 43.3 Å². The van der Waals surface area contributed by atoms with E-state index in [2.05, 4.69) is 32.0 Å². The lowest BCUT2D eigenvalue weighted by Gasteiger charge is -2.46. The van der Waals surface area contributed by atoms with Crippen LogP contribution in [0.15, 0.2) is 95.2 Å². The number of aliphatic hydroxyl groups is 1. The topological polar surface area (TPSA) is 122 Å². The molecule has 2 fully saturated rings. The van der Waals surface area contributed by atoms with E-state index in [-0.39, 0.29) is 31.2 Å². The Morgan fingerprint density at radius 2 is 1.82 bits per heavy atom. The van der Waals surface area contributed by atoms with Gasteiger partial charge < -0.3 is 29.0 Å². The van der Waals surface area contributed by atoms with Crippen molar-refractivity contribution in [1.29, 1.82) is 0 Å². The molecule has 0 spiro atoms. The van der Waals surface area contributed by atoms with Gasteiger partial charge in [-0.25, -0.2) is 9.97 Å². The first kappa shape index (κ1) is 32.6. The highest BCUT2D eigenvalue weighted by Crippen LogP contribution is 2.29. The fraction of sp³-hybridized carbons (Fsp3) is 0.278. The first-order valence-corrected chi connectivity index (χ1v) is 16.1. The van der Waals surface area contributed by atoms with Crippen molar-refractivity contribution in [3.05, 3.63) is 112 Å². The first-order chi connectivity index (χ1) is 23.4. The highest BCUT2D eigenvalue weighted by molar-refractivity contribution is 7.59. The molecule has 1 atom stereocenters. The molecule has 252 valence electrons. The molecule has 13 heteroatoms. The van der Waals surface area contributed by atoms with Gasteiger partial charge in [0, 0.05) is 74.0 Å². The van der Waals surface area contributed by atoms with Crippen molar-refractivity contribution < 1.29 is 9.84 Å². The fourth-order valence-corrected chi connectivity index (χ4v) is 6.96. The first-order valence-electron chi connectivity index (χ1n) is 16.1. The average molecular weight is 679 g/mol. The van der Waals surface area contributed by atoms with Crippen molar-refractivity contribution in [2.45, 2.75) is 25.6 Å². The number of nitrogens with one attached hydrogen (secondary N) is 1. The van der Waals surface area contributed by atoms with Gasteiger partial charge in [-0.1, -0.05) is 18.2 Å². The molecule has 2 saturated heterocycles. The summed E-state index contributed by atoms with van der Waals surface area (Å²) >= 11 is 0. The Hall–Kier alpha value is -4.95. The maximum atomic E-state index is 13.7. The van der Waals surface area contributed by atoms with Crippen LogP contribution in [0.1, 0.15) is 12.5 Å². The number of hydrogen-bond donors (Lipinski definition) is 2. The van der Waals surface area contributed by atoms with Crippen LogP contribution in [-0.2, 0) is 18.4 Å². The van der Waals surface area contributed by atoms with E-state index in [1.54, 1.807) is 37.8 Å². The number of para-hydroxylation sites is 1. The number of anilines is 3. The maximum Gasteiger partial charge on any atom is 0.280 e. The number of nitrogens with zero attached hydrogens (tertiary/aromatic N) is 7. The number of aromatic nitrogens is 5. The monoisotopic (exact) mass is 678 g/mol. The molecule has 12 nitrogen and oxygen atoms in total. The normalized spacial score (nSPS) is 16.9. The van der Waals surface area contributed by atoms with Crippen molar-refractivity contribution in [3.63, 3.8) is 0 Å². The van der Waals surface area contributed by atoms with E-state index in [1.807, 2.05) is 59.3 Å². The summed E-state index contributed by atoms with van der Waals surface area (Å²) in [5.41, 5.74) is 4.12. The second-order valence-electron chi connectivity index (χ2n) is 12.6. The van der Waals surface area contributed by atoms with E-state index in [0.29, 0.717) is 51.6 Å². The molecule has 8 rings (SSSR count). The lowest BCUT2D eigenvalue weighted by Crippen LogP contribution is -2.59. The van der Waals surface area contributed by atoms with Crippen LogP contribution in [0.5, 0.6) is 0 Å². The molecule has 0 radical (unpaired) electrons. The van der Waals surface area contributed by atoms with Crippen molar-refractivity contribution in [2.24, 2.45) is 7.05 Å². The zero-order chi connectivity index (χ0) is 32.9. The molecule has 0 aliphatic carbocycles. The maximum absolute atomic E-state index is 13.7. The van der Waals surface area contributed by atoms with Crippen LogP contribution in [0.3, 0.4) is 0 Å². The van der Waals surface area contributed by atoms with Gasteiger partial charge in [0.25, 0.3) is 11.1 Å². The number of aryl methyl sites for hydroxylation is 1. The van der Waals surface area contributed by atoms with Gasteiger partial charge in [-0.05, 0) is 48.9 Å². The molecule has 2 aliphatic rings. The summed E-state index contributed by atoms with van der Waals surface area (Å²) in [6.45, 7) is 6.39. The van der Waals surface area contributed by atoms with E-state index in [0.717, 1.165) is 49.4 Å². The Balaban J connectivity index is 0.00000378. The minimum Gasteiger partial charge on any atom is -0.392 e. The third kappa shape index (κ3) is 5.78. The van der Waals surface area contributed by atoms with E-state index in [4.69, 9.17) is 4.74 Å². The van der Waals surface area contributed by atoms with Crippen molar-refractivity contribution in [3.8, 4) is 16.9 Å². The summed E-state index contributed by atoms with van der Waals surface area (Å²) in [6.07, 6.45) is 8.66. The molecule has 1 aromatic carbocycles. The van der Waals surface area contributed by atoms with E-state index >= 15 is 0 Å². The number of benzene rings is 1. The largest absolute Gasteiger partial charge is 0.392 e. The van der Waals surface area contributed by atoms with Gasteiger partial charge in [-0.15, -0.1) is 0 Å². The molecule has 5 aromatic heterocycles. The Morgan fingerprint density at radius 3 is 2.55 bits per heavy atom. The van der Waals surface area contributed by atoms with Crippen molar-refractivity contribution in [2.75, 3.05) is 43.1 Å². The number of piperazine rings is 1. The predicted molar refractivity (Wildman–Crippen MR) is 196 cm³/mol. The summed E-state index contributed by atoms with van der Waals surface area (Å²) in [4.78, 5) is 41.0. The molecule has 6 aromatic rings. The summed E-state index contributed by atoms with van der Waals surface area (Å²) in [5, 5.41) is 14.8. The standard InChI is InChI=1S/C36H36N8O4.H2S/c1-23-18-41(27-21-48-22-27)11-12-42(23)26-7-8-33(38-17-26)39-30-15-25(19-40(2)35(30)46)28-9-10-37-34(29(28)20-45)44-14-13-43-31-6-4-3-5-24(31)16-32(43)36(44)47;/h3-10,13-17,19,23,27,45H,11-12,18,20-22H2,1-2H3,(H,38,39);1H2/t23-;/m0./s1. The molecule has 2 aliphatic heterocycles. The molecule has 0 saturated carbocycles. The lowest BCUT2D eigenvalue weighted by molar-refractivity contribution is -0.0691. The average Bonchev–Trinajstić information content (AvgIpc) is 3.46. The third-order valence-electron chi connectivity index (χ3n) is 9.60. The van der Waals surface area contributed by atoms with Gasteiger partial charge in [-0.3, -0.25) is 19.1 Å². The van der Waals surface area contributed by atoms with Crippen LogP contribution >= 0.6 is 13.5 Å². The number of fused-ring (bicyclic) bond motifs is 3. The van der Waals surface area contributed by atoms with Crippen molar-refractivity contribution in [1.82, 2.24) is 28.4 Å². The van der Waals surface area contributed by atoms with Gasteiger partial charge in [0.15, 0.2) is 0 Å². The number of hydrogen-bond acceptors (Lipinski definition) is 9. The van der Waals surface area contributed by atoms with Crippen LogP contribution in [0.25, 0.3) is 33.4 Å². The Labute approximate surface area is 289 Å². The summed E-state index contributed by atoms with van der Waals surface area (Å²) in [7, 11) is 1.68. The molecule has 2 N–H and O–H groups in total. The van der Waals surface area contributed by atoms with Crippen LogP contribution in [-0.4, -0.2) is 78.4 Å². The molecular formula is C36H38N8O4S. The number of ether oxygens (including phenoxy) is 1. The predicted octanol–water partition coefficient (Wildman–Crippen LogP) is 3.66. The highest BCUT2D eigenvalue weighted by Gasteiger charge is 2.32. The molecule has 7 heterocycles. The Kier molecular flexibility index (Phi) is 8.75. The third-order valence-corrected chi connectivity index (χ3v) is 9.60. The number of aliphatic hydroxyl groups excluding tert-OH is 1. The van der Waals surface area contributed by atoms with Gasteiger partial charge in [0.2, 0.25) is 0 Å². The Morgan fingerprint density at radius 1 is 0.980 bits per heavy atom. The van der Waals surface area contributed by atoms with Crippen LogP contribution in [0.4, 0.5) is 17.2 Å². The zero-order valence-electron chi connectivity index (χ0n) is 27.3. The smallest absolute Gasteiger partial charge is 0.280 e. The van der Waals surface area contributed by atoms with Gasteiger partial charge in [-0.2, -0.15) is 13.5 Å². The highest BCUT2D eigenvalue weighted by atomic mass is 32.1. The quantitative estimate of drug-likeness (QED) is 0.261. The van der Waals surface area contributed by atoms with E-state index in [1.165, 1.54) is 9.13 Å². The molecule has 49 heavy (non-hydrogen) atoms. The zero-order valence-corrected chi connectivity index (χ0v) is 28.3. The van der Waals surface area contributed by atoms with Gasteiger partial charge in [0.1, 0.15) is 22.8 Å². The summed E-state index contributed by atoms with van der Waals surface area (Å²) in [6, 6.07) is 18.0. The molecular weight excluding hydrogens is 641 g/mol. The van der Waals surface area contributed by atoms with E-state index in [9.17, 15) is 14.7 Å². The summed E-state index contributed by atoms with van der Waals surface area (Å²) < 4.78 is 10.2.